The first-order valence-electron chi connectivity index (χ1n) is 5.75. The van der Waals surface area contributed by atoms with Gasteiger partial charge in [0.25, 0.3) is 0 Å². The van der Waals surface area contributed by atoms with Crippen LogP contribution in [0.1, 0.15) is 26.7 Å². The molecule has 0 aromatic carbocycles. The highest BCUT2D eigenvalue weighted by atomic mass is 79.9. The Morgan fingerprint density at radius 1 is 1.21 bits per heavy atom. The number of hydrogen-bond donors (Lipinski definition) is 0. The fourth-order valence-electron chi connectivity index (χ4n) is 1.36. The summed E-state index contributed by atoms with van der Waals surface area (Å²) >= 11 is 7.77. The zero-order valence-corrected chi connectivity index (χ0v) is 13.0. The van der Waals surface area contributed by atoms with Gasteiger partial charge in [-0.05, 0) is 31.9 Å². The monoisotopic (exact) mass is 364 g/mol. The lowest BCUT2D eigenvalue weighted by atomic mass is 10.0. The van der Waals surface area contributed by atoms with Crippen molar-refractivity contribution in [1.29, 1.82) is 0 Å². The number of carbonyl (C=O) groups excluding carboxylic acids is 2. The van der Waals surface area contributed by atoms with E-state index in [2.05, 4.69) is 15.9 Å². The van der Waals surface area contributed by atoms with Crippen LogP contribution in [-0.2, 0) is 19.1 Å². The minimum atomic E-state index is -3.40. The molecular formula is C11H16BrClF2O4. The van der Waals surface area contributed by atoms with E-state index >= 15 is 0 Å². The summed E-state index contributed by atoms with van der Waals surface area (Å²) in [6.07, 6.45) is -0.871. The highest BCUT2D eigenvalue weighted by Crippen LogP contribution is 2.31. The summed E-state index contributed by atoms with van der Waals surface area (Å²) in [5.41, 5.74) is 0. The first-order valence-corrected chi connectivity index (χ1v) is 7.04. The molecular weight excluding hydrogens is 349 g/mol. The predicted molar refractivity (Wildman–Crippen MR) is 69.5 cm³/mol. The van der Waals surface area contributed by atoms with Crippen LogP contribution >= 0.6 is 27.5 Å². The second-order valence-electron chi connectivity index (χ2n) is 3.71. The zero-order chi connectivity index (χ0) is 15.1. The number of alkyl halides is 4. The number of esters is 2. The van der Waals surface area contributed by atoms with Gasteiger partial charge in [0.05, 0.1) is 13.2 Å². The number of halogens is 4. The van der Waals surface area contributed by atoms with Gasteiger partial charge in [-0.25, -0.2) is 0 Å². The molecule has 4 nitrogen and oxygen atoms in total. The molecule has 0 fully saturated rings. The van der Waals surface area contributed by atoms with Crippen molar-refractivity contribution in [2.24, 2.45) is 5.92 Å². The summed E-state index contributed by atoms with van der Waals surface area (Å²) in [5, 5.41) is -3.40. The van der Waals surface area contributed by atoms with Crippen LogP contribution < -0.4 is 0 Å². The van der Waals surface area contributed by atoms with E-state index in [1.54, 1.807) is 13.8 Å². The third-order valence-electron chi connectivity index (χ3n) is 2.09. The van der Waals surface area contributed by atoms with E-state index < -0.39 is 34.5 Å². The van der Waals surface area contributed by atoms with Crippen molar-refractivity contribution < 1.29 is 27.8 Å². The molecule has 0 aliphatic carbocycles. The zero-order valence-electron chi connectivity index (χ0n) is 10.6. The van der Waals surface area contributed by atoms with E-state index in [0.29, 0.717) is 0 Å². The van der Waals surface area contributed by atoms with Crippen LogP contribution in [0.4, 0.5) is 8.78 Å². The number of rotatable bonds is 8. The van der Waals surface area contributed by atoms with Gasteiger partial charge in [-0.15, -0.1) is 0 Å². The summed E-state index contributed by atoms with van der Waals surface area (Å²) in [7, 11) is 0. The Labute approximate surface area is 123 Å². The molecule has 0 spiro atoms. The molecule has 0 saturated carbocycles. The van der Waals surface area contributed by atoms with E-state index in [1.807, 2.05) is 0 Å². The highest BCUT2D eigenvalue weighted by molar-refractivity contribution is 9.09. The molecule has 0 rings (SSSR count). The number of hydrogen-bond acceptors (Lipinski definition) is 4. The van der Waals surface area contributed by atoms with Crippen LogP contribution in [0.5, 0.6) is 0 Å². The van der Waals surface area contributed by atoms with Gasteiger partial charge in [-0.3, -0.25) is 9.59 Å². The molecule has 0 aromatic heterocycles. The van der Waals surface area contributed by atoms with Gasteiger partial charge in [0.1, 0.15) is 0 Å². The van der Waals surface area contributed by atoms with E-state index in [-0.39, 0.29) is 19.6 Å². The van der Waals surface area contributed by atoms with Crippen molar-refractivity contribution in [2.45, 2.75) is 36.9 Å². The van der Waals surface area contributed by atoms with Crippen molar-refractivity contribution in [1.82, 2.24) is 0 Å². The normalized spacial score (nSPS) is 13.2. The molecule has 0 bridgehead atoms. The second-order valence-corrected chi connectivity index (χ2v) is 5.56. The summed E-state index contributed by atoms with van der Waals surface area (Å²) < 4.78 is 34.7. The topological polar surface area (TPSA) is 52.6 Å². The first-order chi connectivity index (χ1) is 8.71. The van der Waals surface area contributed by atoms with Crippen LogP contribution in [-0.4, -0.2) is 35.4 Å². The van der Waals surface area contributed by atoms with Crippen LogP contribution in [0.3, 0.4) is 0 Å². The molecule has 0 saturated heterocycles. The quantitative estimate of drug-likeness (QED) is 0.377. The maximum atomic E-state index is 12.6. The highest BCUT2D eigenvalue weighted by Gasteiger charge is 2.35. The molecule has 0 radical (unpaired) electrons. The molecule has 112 valence electrons. The minimum Gasteiger partial charge on any atom is -0.465 e. The molecule has 0 aromatic rings. The van der Waals surface area contributed by atoms with E-state index in [1.165, 1.54) is 0 Å². The molecule has 8 heteroatoms. The summed E-state index contributed by atoms with van der Waals surface area (Å²) in [4.78, 5) is 22.4. The van der Waals surface area contributed by atoms with Gasteiger partial charge in [0.15, 0.2) is 5.92 Å². The number of ether oxygens (including phenoxy) is 2. The van der Waals surface area contributed by atoms with Gasteiger partial charge in [-0.2, -0.15) is 8.78 Å². The maximum Gasteiger partial charge on any atom is 0.322 e. The predicted octanol–water partition coefficient (Wildman–Crippen LogP) is 3.10. The minimum absolute atomic E-state index is 0.0906. The smallest absolute Gasteiger partial charge is 0.322 e. The Morgan fingerprint density at radius 2 is 1.63 bits per heavy atom. The molecule has 0 N–H and O–H groups in total. The molecule has 0 aliphatic rings. The lowest BCUT2D eigenvalue weighted by Gasteiger charge is -2.18. The van der Waals surface area contributed by atoms with Crippen LogP contribution in [0.2, 0.25) is 0 Å². The van der Waals surface area contributed by atoms with Crippen molar-refractivity contribution in [3.63, 3.8) is 0 Å². The fraction of sp³-hybridized carbons (Fsp3) is 0.818. The Hall–Kier alpha value is -0.430. The van der Waals surface area contributed by atoms with Gasteiger partial charge in [0.2, 0.25) is 0 Å². The van der Waals surface area contributed by atoms with Gasteiger partial charge < -0.3 is 9.47 Å². The van der Waals surface area contributed by atoms with Crippen molar-refractivity contribution in [3.05, 3.63) is 0 Å². The van der Waals surface area contributed by atoms with E-state index in [9.17, 15) is 18.4 Å². The van der Waals surface area contributed by atoms with Gasteiger partial charge >= 0.3 is 17.3 Å². The van der Waals surface area contributed by atoms with Gasteiger partial charge in [-0.1, -0.05) is 15.9 Å². The lowest BCUT2D eigenvalue weighted by Crippen LogP contribution is -2.31. The average molecular weight is 366 g/mol. The van der Waals surface area contributed by atoms with Crippen LogP contribution in [0, 0.1) is 5.92 Å². The van der Waals surface area contributed by atoms with Crippen molar-refractivity contribution in [3.8, 4) is 0 Å². The standard InChI is InChI=1S/C11H16BrClF2O4/c1-3-18-9(16)8(10(17)19-4-2)5-7(12)6-11(13,14)15/h7-8H,3-6H2,1-2H3. The van der Waals surface area contributed by atoms with Crippen LogP contribution in [0.25, 0.3) is 0 Å². The van der Waals surface area contributed by atoms with Gasteiger partial charge in [0, 0.05) is 11.2 Å². The first kappa shape index (κ1) is 18.6. The lowest BCUT2D eigenvalue weighted by molar-refractivity contribution is -0.162. The largest absolute Gasteiger partial charge is 0.465 e. The molecule has 0 aliphatic heterocycles. The Morgan fingerprint density at radius 3 is 1.95 bits per heavy atom. The van der Waals surface area contributed by atoms with E-state index in [0.717, 1.165) is 0 Å². The maximum absolute atomic E-state index is 12.6. The molecule has 19 heavy (non-hydrogen) atoms. The summed E-state index contributed by atoms with van der Waals surface area (Å²) in [6.45, 7) is 3.35. The number of carbonyl (C=O) groups is 2. The van der Waals surface area contributed by atoms with Crippen LogP contribution in [0.15, 0.2) is 0 Å². The van der Waals surface area contributed by atoms with Crippen molar-refractivity contribution in [2.75, 3.05) is 13.2 Å². The third kappa shape index (κ3) is 8.36. The van der Waals surface area contributed by atoms with E-state index in [4.69, 9.17) is 21.1 Å². The third-order valence-corrected chi connectivity index (χ3v) is 2.94. The Balaban J connectivity index is 4.66. The summed E-state index contributed by atoms with van der Waals surface area (Å²) in [6, 6.07) is 0. The molecule has 0 amide bonds. The average Bonchev–Trinajstić information content (AvgIpc) is 2.24. The molecule has 1 atom stereocenters. The SMILES string of the molecule is CCOC(=O)C(CC(Br)CC(F)(F)Cl)C(=O)OCC. The molecule has 0 heterocycles. The Bertz CT molecular complexity index is 292. The van der Waals surface area contributed by atoms with Crippen molar-refractivity contribution >= 4 is 39.5 Å². The second kappa shape index (κ2) is 8.68. The molecule has 1 unspecified atom stereocenters. The Kier molecular flexibility index (Phi) is 8.49. The fourth-order valence-corrected chi connectivity index (χ4v) is 2.52. The summed E-state index contributed by atoms with van der Waals surface area (Å²) in [5.74, 6) is -2.81.